The molecular weight excluding hydrogens is 210 g/mol. The van der Waals surface area contributed by atoms with Crippen molar-refractivity contribution in [1.29, 1.82) is 0 Å². The van der Waals surface area contributed by atoms with Crippen molar-refractivity contribution in [3.63, 3.8) is 0 Å². The van der Waals surface area contributed by atoms with Gasteiger partial charge in [-0.25, -0.2) is 9.97 Å². The van der Waals surface area contributed by atoms with E-state index in [1.165, 1.54) is 11.1 Å². The minimum atomic E-state index is 0.513. The maximum atomic E-state index is 5.71. The second-order valence-electron chi connectivity index (χ2n) is 4.00. The van der Waals surface area contributed by atoms with Gasteiger partial charge in [-0.3, -0.25) is 0 Å². The quantitative estimate of drug-likeness (QED) is 0.877. The molecule has 1 heterocycles. The second-order valence-corrected chi connectivity index (χ2v) is 4.00. The summed E-state index contributed by atoms with van der Waals surface area (Å²) in [6, 6.07) is 8.18. The molecule has 2 rings (SSSR count). The largest absolute Gasteiger partial charge is 0.384 e. The van der Waals surface area contributed by atoms with E-state index in [0.29, 0.717) is 5.82 Å². The predicted molar refractivity (Wildman–Crippen MR) is 70.6 cm³/mol. The van der Waals surface area contributed by atoms with Crippen molar-refractivity contribution >= 4 is 5.82 Å². The van der Waals surface area contributed by atoms with Gasteiger partial charge in [-0.15, -0.1) is 0 Å². The van der Waals surface area contributed by atoms with Crippen LogP contribution in [-0.4, -0.2) is 9.97 Å². The third kappa shape index (κ3) is 2.44. The lowest BCUT2D eigenvalue weighted by Gasteiger charge is -2.09. The molecule has 0 aliphatic heterocycles. The van der Waals surface area contributed by atoms with E-state index < -0.39 is 0 Å². The first-order chi connectivity index (χ1) is 8.24. The van der Waals surface area contributed by atoms with Crippen molar-refractivity contribution in [3.05, 3.63) is 41.6 Å². The van der Waals surface area contributed by atoms with Crippen LogP contribution in [-0.2, 0) is 12.8 Å². The average molecular weight is 227 g/mol. The van der Waals surface area contributed by atoms with E-state index in [9.17, 15) is 0 Å². The van der Waals surface area contributed by atoms with Crippen LogP contribution in [0.2, 0.25) is 0 Å². The van der Waals surface area contributed by atoms with Gasteiger partial charge in [0.15, 0.2) is 5.82 Å². The van der Waals surface area contributed by atoms with Gasteiger partial charge in [0.05, 0.1) is 0 Å². The number of anilines is 1. The van der Waals surface area contributed by atoms with Crippen LogP contribution < -0.4 is 5.73 Å². The van der Waals surface area contributed by atoms with Gasteiger partial charge in [0, 0.05) is 11.8 Å². The third-order valence-electron chi connectivity index (χ3n) is 2.88. The number of rotatable bonds is 3. The van der Waals surface area contributed by atoms with Gasteiger partial charge in [0.1, 0.15) is 5.82 Å². The molecule has 0 spiro atoms. The summed E-state index contributed by atoms with van der Waals surface area (Å²) < 4.78 is 0. The molecule has 0 atom stereocenters. The molecular formula is C14H17N3. The van der Waals surface area contributed by atoms with Gasteiger partial charge in [-0.2, -0.15) is 0 Å². The summed E-state index contributed by atoms with van der Waals surface area (Å²) in [5.41, 5.74) is 9.36. The Kier molecular flexibility index (Phi) is 3.38. The highest BCUT2D eigenvalue weighted by atomic mass is 14.9. The Balaban J connectivity index is 2.56. The van der Waals surface area contributed by atoms with E-state index in [4.69, 9.17) is 5.73 Å². The fraction of sp³-hybridized carbons (Fsp3) is 0.286. The Morgan fingerprint density at radius 1 is 1.12 bits per heavy atom. The van der Waals surface area contributed by atoms with Crippen LogP contribution in [0.25, 0.3) is 11.4 Å². The Hall–Kier alpha value is -1.90. The molecule has 1 aromatic carbocycles. The van der Waals surface area contributed by atoms with Crippen molar-refractivity contribution in [1.82, 2.24) is 9.97 Å². The van der Waals surface area contributed by atoms with Crippen LogP contribution in [0.15, 0.2) is 30.5 Å². The summed E-state index contributed by atoms with van der Waals surface area (Å²) in [6.45, 7) is 4.28. The van der Waals surface area contributed by atoms with Crippen molar-refractivity contribution in [2.75, 3.05) is 5.73 Å². The Morgan fingerprint density at radius 3 is 2.59 bits per heavy atom. The molecule has 3 heteroatoms. The molecule has 0 saturated carbocycles. The summed E-state index contributed by atoms with van der Waals surface area (Å²) >= 11 is 0. The average Bonchev–Trinajstić information content (AvgIpc) is 2.38. The fourth-order valence-corrected chi connectivity index (χ4v) is 1.86. The SMILES string of the molecule is CCc1ccc(CC)c(-c2nccc(N)n2)c1. The Labute approximate surface area is 102 Å². The number of hydrogen-bond donors (Lipinski definition) is 1. The molecule has 1 aromatic heterocycles. The third-order valence-corrected chi connectivity index (χ3v) is 2.88. The van der Waals surface area contributed by atoms with Gasteiger partial charge < -0.3 is 5.73 Å². The van der Waals surface area contributed by atoms with Crippen LogP contribution >= 0.6 is 0 Å². The first-order valence-electron chi connectivity index (χ1n) is 5.95. The highest BCUT2D eigenvalue weighted by Crippen LogP contribution is 2.23. The van der Waals surface area contributed by atoms with Crippen LogP contribution in [0.1, 0.15) is 25.0 Å². The van der Waals surface area contributed by atoms with Crippen LogP contribution in [0.4, 0.5) is 5.82 Å². The normalized spacial score (nSPS) is 10.5. The highest BCUT2D eigenvalue weighted by molar-refractivity contribution is 5.62. The van der Waals surface area contributed by atoms with Gasteiger partial charge >= 0.3 is 0 Å². The lowest BCUT2D eigenvalue weighted by atomic mass is 10.0. The van der Waals surface area contributed by atoms with Gasteiger partial charge in [-0.1, -0.05) is 26.0 Å². The summed E-state index contributed by atoms with van der Waals surface area (Å²) in [5, 5.41) is 0. The van der Waals surface area contributed by atoms with E-state index in [2.05, 4.69) is 42.0 Å². The van der Waals surface area contributed by atoms with E-state index in [1.54, 1.807) is 12.3 Å². The van der Waals surface area contributed by atoms with Crippen LogP contribution in [0, 0.1) is 0 Å². The maximum absolute atomic E-state index is 5.71. The molecule has 3 nitrogen and oxygen atoms in total. The number of nitrogens with zero attached hydrogens (tertiary/aromatic N) is 2. The van der Waals surface area contributed by atoms with E-state index in [-0.39, 0.29) is 0 Å². The number of benzene rings is 1. The lowest BCUT2D eigenvalue weighted by Crippen LogP contribution is -1.98. The minimum absolute atomic E-state index is 0.513. The number of nitrogens with two attached hydrogens (primary N) is 1. The van der Waals surface area contributed by atoms with Gasteiger partial charge in [0.25, 0.3) is 0 Å². The zero-order valence-electron chi connectivity index (χ0n) is 10.3. The molecule has 0 fully saturated rings. The summed E-state index contributed by atoms with van der Waals surface area (Å²) in [4.78, 5) is 8.60. The highest BCUT2D eigenvalue weighted by Gasteiger charge is 2.07. The summed E-state index contributed by atoms with van der Waals surface area (Å²) in [5.74, 6) is 1.23. The van der Waals surface area contributed by atoms with Gasteiger partial charge in [-0.05, 0) is 36.1 Å². The Morgan fingerprint density at radius 2 is 1.94 bits per heavy atom. The van der Waals surface area contributed by atoms with Crippen molar-refractivity contribution < 1.29 is 0 Å². The second kappa shape index (κ2) is 4.95. The first kappa shape index (κ1) is 11.6. The van der Waals surface area contributed by atoms with E-state index in [1.807, 2.05) is 0 Å². The topological polar surface area (TPSA) is 51.8 Å². The maximum Gasteiger partial charge on any atom is 0.161 e. The van der Waals surface area contributed by atoms with Crippen molar-refractivity contribution in [2.24, 2.45) is 0 Å². The van der Waals surface area contributed by atoms with Gasteiger partial charge in [0.2, 0.25) is 0 Å². The molecule has 17 heavy (non-hydrogen) atoms. The molecule has 0 unspecified atom stereocenters. The van der Waals surface area contributed by atoms with Crippen LogP contribution in [0.3, 0.4) is 0 Å². The molecule has 2 N–H and O–H groups in total. The van der Waals surface area contributed by atoms with E-state index >= 15 is 0 Å². The molecule has 0 bridgehead atoms. The number of nitrogen functional groups attached to an aromatic ring is 1. The van der Waals surface area contributed by atoms with E-state index in [0.717, 1.165) is 24.2 Å². The Bertz CT molecular complexity index is 521. The van der Waals surface area contributed by atoms with Crippen molar-refractivity contribution in [2.45, 2.75) is 26.7 Å². The first-order valence-corrected chi connectivity index (χ1v) is 5.95. The molecule has 2 aromatic rings. The smallest absolute Gasteiger partial charge is 0.161 e. The van der Waals surface area contributed by atoms with Crippen molar-refractivity contribution in [3.8, 4) is 11.4 Å². The monoisotopic (exact) mass is 227 g/mol. The summed E-state index contributed by atoms with van der Waals surface area (Å²) in [7, 11) is 0. The molecule has 0 aliphatic carbocycles. The molecule has 0 saturated heterocycles. The standard InChI is InChI=1S/C14H17N3/c1-3-10-5-6-11(4-2)12(9-10)14-16-8-7-13(15)17-14/h5-9H,3-4H2,1-2H3,(H2,15,16,17). The van der Waals surface area contributed by atoms with Crippen LogP contribution in [0.5, 0.6) is 0 Å². The minimum Gasteiger partial charge on any atom is -0.384 e. The lowest BCUT2D eigenvalue weighted by molar-refractivity contribution is 1.08. The summed E-state index contributed by atoms with van der Waals surface area (Å²) in [6.07, 6.45) is 3.69. The zero-order valence-corrected chi connectivity index (χ0v) is 10.3. The predicted octanol–water partition coefficient (Wildman–Crippen LogP) is 2.85. The fourth-order valence-electron chi connectivity index (χ4n) is 1.86. The molecule has 0 radical (unpaired) electrons. The molecule has 88 valence electrons. The molecule has 0 amide bonds. The number of hydrogen-bond acceptors (Lipinski definition) is 3. The molecule has 0 aliphatic rings. The number of aromatic nitrogens is 2. The zero-order chi connectivity index (χ0) is 12.3. The number of aryl methyl sites for hydroxylation is 2.